The number of piperidine rings is 1. The molecule has 0 aromatic carbocycles. The number of alkyl carbamates (subject to hydrolysis) is 1. The topological polar surface area (TPSA) is 368 Å². The van der Waals surface area contributed by atoms with Crippen LogP contribution in [0.15, 0.2) is 72.4 Å². The van der Waals surface area contributed by atoms with Gasteiger partial charge in [-0.05, 0) is 108 Å². The van der Waals surface area contributed by atoms with Gasteiger partial charge in [0.05, 0.1) is 56.7 Å². The fourth-order valence-electron chi connectivity index (χ4n) is 14.6. The van der Waals surface area contributed by atoms with E-state index in [0.717, 1.165) is 43.2 Å². The lowest BCUT2D eigenvalue weighted by molar-refractivity contribution is -0.265. The zero-order chi connectivity index (χ0) is 75.9. The van der Waals surface area contributed by atoms with Gasteiger partial charge in [0.1, 0.15) is 36.2 Å². The van der Waals surface area contributed by atoms with Crippen LogP contribution in [-0.4, -0.2) is 264 Å². The maximum atomic E-state index is 14.7. The molecule has 0 unspecified atom stereocenters. The van der Waals surface area contributed by atoms with Crippen LogP contribution in [0, 0.1) is 29.6 Å². The Hall–Kier alpha value is -7.32. The number of allylic oxidation sites excluding steroid dienone is 6. The molecule has 6 aliphatic rings. The molecule has 1 saturated carbocycles. The Labute approximate surface area is 617 Å². The summed E-state index contributed by atoms with van der Waals surface area (Å²) in [5.74, 6) is -8.25. The number of piperazine rings is 2. The third-order valence-corrected chi connectivity index (χ3v) is 21.4. The molecule has 7 heterocycles. The van der Waals surface area contributed by atoms with Crippen LogP contribution in [0.2, 0.25) is 0 Å². The third kappa shape index (κ3) is 23.8. The number of aliphatic hydroxyl groups is 3. The third-order valence-electron chi connectivity index (χ3n) is 21.4. The molecule has 105 heavy (non-hydrogen) atoms. The van der Waals surface area contributed by atoms with E-state index in [-0.39, 0.29) is 67.9 Å². The smallest absolute Gasteiger partial charge is 0.407 e. The van der Waals surface area contributed by atoms with E-state index in [9.17, 15) is 53.7 Å². The molecule has 5 aliphatic heterocycles. The molecular formula is C76H113N11O18. The van der Waals surface area contributed by atoms with Crippen molar-refractivity contribution in [2.24, 2.45) is 35.3 Å². The van der Waals surface area contributed by atoms with E-state index in [0.29, 0.717) is 127 Å². The van der Waals surface area contributed by atoms with E-state index in [4.69, 9.17) is 38.9 Å². The van der Waals surface area contributed by atoms with Crippen molar-refractivity contribution in [3.8, 4) is 0 Å². The Balaban J connectivity index is 0.807. The van der Waals surface area contributed by atoms with E-state index in [1.54, 1.807) is 52.7 Å². The summed E-state index contributed by atoms with van der Waals surface area (Å²) in [6.07, 6.45) is 13.3. The molecule has 580 valence electrons. The molecule has 29 nitrogen and oxygen atoms in total. The first-order valence-electron chi connectivity index (χ1n) is 37.4. The first kappa shape index (κ1) is 83.3. The Bertz CT molecular complexity index is 3340. The normalized spacial score (nSPS) is 31.3. The zero-order valence-electron chi connectivity index (χ0n) is 62.7. The largest absolute Gasteiger partial charge is 0.459 e. The molecule has 5 fully saturated rings. The SMILES string of the molecule is CO[C@H]1C[C@@H]2CC[C@@H](C)[C@@](O)(O2)C(=O)C(=O)N2CCCC[C@H]2C(=O)O[C@H]([C@H](N)C[C@@H]2CC[C@@H](OC(=O)NCc3cnc(N4CCN(C(=O)CCOCCOCCN5CCN(c6ncc(C(C)=O)cn6)CC5)CC4)nc3)[C@H](OC)C2)CC(=O)[C@H](C)/C=C(\C)[C@@H](O)[C@@H](O)C(=O)[C@H](C)C[C@H](C)/C=C/C=C/C=C/1C. The predicted molar refractivity (Wildman–Crippen MR) is 388 cm³/mol. The number of carbonyl (C=O) groups is 8. The number of hydrogen-bond acceptors (Lipinski definition) is 26. The van der Waals surface area contributed by atoms with Crippen LogP contribution in [0.5, 0.6) is 0 Å². The van der Waals surface area contributed by atoms with Gasteiger partial charge in [0.2, 0.25) is 23.6 Å². The summed E-state index contributed by atoms with van der Waals surface area (Å²) in [5, 5.41) is 37.4. The highest BCUT2D eigenvalue weighted by atomic mass is 16.6. The van der Waals surface area contributed by atoms with Gasteiger partial charge in [0.25, 0.3) is 11.7 Å². The van der Waals surface area contributed by atoms with E-state index in [1.807, 2.05) is 54.0 Å². The van der Waals surface area contributed by atoms with Gasteiger partial charge in [-0.3, -0.25) is 33.7 Å². The molecule has 4 saturated heterocycles. The summed E-state index contributed by atoms with van der Waals surface area (Å²) in [6.45, 7) is 19.6. The Morgan fingerprint density at radius 2 is 1.40 bits per heavy atom. The molecule has 6 N–H and O–H groups in total. The number of aromatic nitrogens is 4. The maximum absolute atomic E-state index is 14.7. The minimum absolute atomic E-state index is 0.00308. The summed E-state index contributed by atoms with van der Waals surface area (Å²) in [7, 11) is 3.06. The number of fused-ring (bicyclic) bond motifs is 3. The van der Waals surface area contributed by atoms with Gasteiger partial charge >= 0.3 is 12.1 Å². The minimum Gasteiger partial charge on any atom is -0.459 e. The highest BCUT2D eigenvalue weighted by Gasteiger charge is 2.53. The average Bonchev–Trinajstić information content (AvgIpc) is 0.773. The molecule has 1 aliphatic carbocycles. The van der Waals surface area contributed by atoms with Gasteiger partial charge in [0.15, 0.2) is 11.6 Å². The molecule has 29 heteroatoms. The van der Waals surface area contributed by atoms with Crippen LogP contribution in [-0.2, 0) is 68.5 Å². The molecule has 2 bridgehead atoms. The molecule has 3 amide bonds. The number of rotatable bonds is 20. The van der Waals surface area contributed by atoms with Crippen molar-refractivity contribution in [3.63, 3.8) is 0 Å². The monoisotopic (exact) mass is 1470 g/mol. The molecule has 2 aromatic heterocycles. The summed E-state index contributed by atoms with van der Waals surface area (Å²) in [5.41, 5.74) is 9.16. The van der Waals surface area contributed by atoms with Crippen LogP contribution in [0.4, 0.5) is 16.7 Å². The fourth-order valence-corrected chi connectivity index (χ4v) is 14.6. The number of nitrogens with one attached hydrogen (secondary N) is 1. The number of nitrogens with two attached hydrogens (primary N) is 1. The molecular weight excluding hydrogens is 1350 g/mol. The van der Waals surface area contributed by atoms with E-state index in [1.165, 1.54) is 27.0 Å². The van der Waals surface area contributed by atoms with Gasteiger partial charge in [-0.1, -0.05) is 64.2 Å². The number of ketones is 4. The Kier molecular flexibility index (Phi) is 32.2. The highest BCUT2D eigenvalue weighted by molar-refractivity contribution is 6.39. The lowest BCUT2D eigenvalue weighted by Crippen LogP contribution is -2.61. The van der Waals surface area contributed by atoms with Crippen molar-refractivity contribution in [2.75, 3.05) is 116 Å². The Morgan fingerprint density at radius 1 is 0.733 bits per heavy atom. The van der Waals surface area contributed by atoms with Crippen molar-refractivity contribution in [1.29, 1.82) is 0 Å². The molecule has 0 spiro atoms. The second-order valence-corrected chi connectivity index (χ2v) is 29.2. The van der Waals surface area contributed by atoms with E-state index in [2.05, 4.69) is 35.1 Å². The average molecular weight is 1470 g/mol. The zero-order valence-corrected chi connectivity index (χ0v) is 62.7. The first-order chi connectivity index (χ1) is 50.3. The number of aliphatic hydroxyl groups excluding tert-OH is 2. The van der Waals surface area contributed by atoms with E-state index < -0.39 is 120 Å². The van der Waals surface area contributed by atoms with Crippen molar-refractivity contribution in [3.05, 3.63) is 83.5 Å². The van der Waals surface area contributed by atoms with Crippen molar-refractivity contribution < 1.29 is 86.8 Å². The molecule has 15 atom stereocenters. The van der Waals surface area contributed by atoms with Gasteiger partial charge in [-0.15, -0.1) is 0 Å². The number of hydrogen-bond donors (Lipinski definition) is 5. The van der Waals surface area contributed by atoms with Crippen molar-refractivity contribution in [1.82, 2.24) is 40.0 Å². The summed E-state index contributed by atoms with van der Waals surface area (Å²) in [4.78, 5) is 137. The van der Waals surface area contributed by atoms with Gasteiger partial charge in [-0.25, -0.2) is 29.5 Å². The number of Topliss-reactive ketones (excluding diaryl/α,β-unsaturated/α-hetero) is 4. The second-order valence-electron chi connectivity index (χ2n) is 29.2. The number of ether oxygens (including phenoxy) is 7. The van der Waals surface area contributed by atoms with Crippen LogP contribution < -0.4 is 20.9 Å². The van der Waals surface area contributed by atoms with Crippen LogP contribution in [0.25, 0.3) is 0 Å². The minimum atomic E-state index is -2.51. The number of cyclic esters (lactones) is 1. The molecule has 2 aromatic rings. The first-order valence-corrected chi connectivity index (χ1v) is 37.4. The van der Waals surface area contributed by atoms with Gasteiger partial charge in [-0.2, -0.15) is 0 Å². The summed E-state index contributed by atoms with van der Waals surface area (Å²) < 4.78 is 41.6. The standard InChI is InChI=1S/C76H113N11O18/c1-48-15-11-10-12-16-49(2)63(99-8)41-58-20-18-53(6)76(98,105-58)70(94)71(95)87-23-14-13-17-60(87)72(96)103-64(42-61(89)50(3)38-52(5)68(92)69(93)67(91)51(4)37-48)59(77)39-55-19-21-62(65(40-55)100-9)104-75(97)82-45-56-43-78-73(79-44-56)86-30-28-84(29-31-86)66(90)22-33-101-35-36-102-34-32-83-24-26-85(27-25-83)74-80-46-57(47-81-74)54(7)88/h10-12,15-16,38,43-44,46-48,50-51,53,55,58-60,62-65,68-69,92-93,98H,13-14,17-37,39-42,45,77H2,1-9H3,(H,82,97)/b12-10+,15-11+,49-16+,52-38+/t48-,50-,51-,53-,55+,58+,59-,60+,62-,63+,64+,65-,68-,69+,76-/m1/s1. The number of methoxy groups -OCH3 is 2. The van der Waals surface area contributed by atoms with Crippen LogP contribution in [0.3, 0.4) is 0 Å². The second kappa shape index (κ2) is 40.6. The number of amides is 3. The number of carbonyl (C=O) groups excluding carboxylic acids is 8. The predicted octanol–water partition coefficient (Wildman–Crippen LogP) is 4.83. The number of esters is 1. The number of anilines is 2. The maximum Gasteiger partial charge on any atom is 0.407 e. The quantitative estimate of drug-likeness (QED) is 0.0389. The molecule has 0 radical (unpaired) electrons. The lowest BCUT2D eigenvalue weighted by atomic mass is 9.80. The number of nitrogens with zero attached hydrogens (tertiary/aromatic N) is 9. The summed E-state index contributed by atoms with van der Waals surface area (Å²) in [6, 6.07) is -2.26. The van der Waals surface area contributed by atoms with Crippen LogP contribution >= 0.6 is 0 Å². The van der Waals surface area contributed by atoms with Crippen LogP contribution in [0.1, 0.15) is 148 Å². The summed E-state index contributed by atoms with van der Waals surface area (Å²) >= 11 is 0. The van der Waals surface area contributed by atoms with Crippen molar-refractivity contribution >= 4 is 58.9 Å². The van der Waals surface area contributed by atoms with Gasteiger partial charge in [0, 0.05) is 153 Å². The van der Waals surface area contributed by atoms with E-state index >= 15 is 0 Å². The van der Waals surface area contributed by atoms with Gasteiger partial charge < -0.3 is 79.1 Å². The fraction of sp³-hybridized carbons (Fsp3) is 0.684. The highest BCUT2D eigenvalue weighted by Crippen LogP contribution is 2.38. The Morgan fingerprint density at radius 3 is 2.07 bits per heavy atom. The lowest BCUT2D eigenvalue weighted by Gasteiger charge is -2.42. The molecule has 8 rings (SSSR count). The van der Waals surface area contributed by atoms with Crippen molar-refractivity contribution in [2.45, 2.75) is 199 Å².